The van der Waals surface area contributed by atoms with Crippen LogP contribution in [-0.2, 0) is 4.79 Å². The standard InChI is InChI=1S/C10H15N3OS/c1-13(2)8-7-12-10(11)6-9(8)15-5-3-4-14/h4,6-7H,3,5H2,1-2H3,(H2,11,12). The number of anilines is 2. The number of aldehydes is 1. The highest BCUT2D eigenvalue weighted by molar-refractivity contribution is 7.99. The van der Waals surface area contributed by atoms with Crippen molar-refractivity contribution < 1.29 is 4.79 Å². The number of nitrogens with zero attached hydrogens (tertiary/aromatic N) is 2. The largest absolute Gasteiger partial charge is 0.384 e. The minimum atomic E-state index is 0.509. The number of nitrogens with two attached hydrogens (primary N) is 1. The Labute approximate surface area is 93.9 Å². The van der Waals surface area contributed by atoms with Crippen LogP contribution in [0, 0.1) is 0 Å². The van der Waals surface area contributed by atoms with Gasteiger partial charge in [0.05, 0.1) is 11.9 Å². The number of pyridine rings is 1. The van der Waals surface area contributed by atoms with E-state index in [2.05, 4.69) is 4.98 Å². The number of hydrogen-bond donors (Lipinski definition) is 1. The number of hydrogen-bond acceptors (Lipinski definition) is 5. The van der Waals surface area contributed by atoms with Gasteiger partial charge in [-0.2, -0.15) is 0 Å². The maximum atomic E-state index is 10.2. The molecule has 1 heterocycles. The van der Waals surface area contributed by atoms with Crippen LogP contribution in [0.3, 0.4) is 0 Å². The van der Waals surface area contributed by atoms with E-state index in [1.165, 1.54) is 0 Å². The van der Waals surface area contributed by atoms with Crippen molar-refractivity contribution in [2.45, 2.75) is 11.3 Å². The fourth-order valence-electron chi connectivity index (χ4n) is 1.11. The van der Waals surface area contributed by atoms with E-state index in [1.54, 1.807) is 18.0 Å². The molecule has 15 heavy (non-hydrogen) atoms. The van der Waals surface area contributed by atoms with Crippen molar-refractivity contribution >= 4 is 29.6 Å². The summed E-state index contributed by atoms with van der Waals surface area (Å²) in [7, 11) is 3.91. The number of thioether (sulfide) groups is 1. The summed E-state index contributed by atoms with van der Waals surface area (Å²) >= 11 is 1.62. The van der Waals surface area contributed by atoms with Crippen LogP contribution in [0.1, 0.15) is 6.42 Å². The van der Waals surface area contributed by atoms with Crippen LogP contribution in [-0.4, -0.2) is 31.1 Å². The van der Waals surface area contributed by atoms with Crippen molar-refractivity contribution in [3.8, 4) is 0 Å². The molecule has 0 aliphatic carbocycles. The molecule has 1 aromatic rings. The summed E-state index contributed by atoms with van der Waals surface area (Å²) in [5, 5.41) is 0. The van der Waals surface area contributed by atoms with Gasteiger partial charge in [0.1, 0.15) is 12.1 Å². The Morgan fingerprint density at radius 2 is 2.33 bits per heavy atom. The highest BCUT2D eigenvalue weighted by atomic mass is 32.2. The lowest BCUT2D eigenvalue weighted by Crippen LogP contribution is -2.10. The first kappa shape index (κ1) is 11.8. The van der Waals surface area contributed by atoms with Crippen LogP contribution in [0.25, 0.3) is 0 Å². The first-order valence-electron chi connectivity index (χ1n) is 4.64. The highest BCUT2D eigenvalue weighted by Gasteiger charge is 2.06. The van der Waals surface area contributed by atoms with Gasteiger partial charge >= 0.3 is 0 Å². The summed E-state index contributed by atoms with van der Waals surface area (Å²) in [6, 6.07) is 1.84. The zero-order valence-electron chi connectivity index (χ0n) is 8.93. The van der Waals surface area contributed by atoms with E-state index in [4.69, 9.17) is 5.73 Å². The number of carbonyl (C=O) groups is 1. The molecule has 0 atom stereocenters. The molecule has 5 heteroatoms. The molecule has 0 aromatic carbocycles. The predicted octanol–water partition coefficient (Wildman–Crippen LogP) is 1.41. The lowest BCUT2D eigenvalue weighted by atomic mass is 10.4. The lowest BCUT2D eigenvalue weighted by molar-refractivity contribution is -0.107. The van der Waals surface area contributed by atoms with Crippen molar-refractivity contribution in [3.63, 3.8) is 0 Å². The molecule has 2 N–H and O–H groups in total. The van der Waals surface area contributed by atoms with Crippen LogP contribution >= 0.6 is 11.8 Å². The molecule has 1 aromatic heterocycles. The Morgan fingerprint density at radius 3 is 2.93 bits per heavy atom. The maximum absolute atomic E-state index is 10.2. The van der Waals surface area contributed by atoms with Gasteiger partial charge in [0.15, 0.2) is 0 Å². The summed E-state index contributed by atoms with van der Waals surface area (Å²) < 4.78 is 0. The van der Waals surface area contributed by atoms with Crippen molar-refractivity contribution in [1.29, 1.82) is 0 Å². The molecule has 4 nitrogen and oxygen atoms in total. The molecule has 1 rings (SSSR count). The van der Waals surface area contributed by atoms with E-state index >= 15 is 0 Å². The molecule has 0 spiro atoms. The first-order valence-corrected chi connectivity index (χ1v) is 5.63. The fourth-order valence-corrected chi connectivity index (χ4v) is 2.13. The monoisotopic (exact) mass is 225 g/mol. The van der Waals surface area contributed by atoms with Gasteiger partial charge in [-0.15, -0.1) is 11.8 Å². The Morgan fingerprint density at radius 1 is 1.60 bits per heavy atom. The SMILES string of the molecule is CN(C)c1cnc(N)cc1SCCC=O. The maximum Gasteiger partial charge on any atom is 0.124 e. The van der Waals surface area contributed by atoms with Gasteiger partial charge in [-0.05, 0) is 6.07 Å². The fraction of sp³-hybridized carbons (Fsp3) is 0.400. The van der Waals surface area contributed by atoms with Gasteiger partial charge in [-0.1, -0.05) is 0 Å². The number of carbonyl (C=O) groups excluding carboxylic acids is 1. The minimum Gasteiger partial charge on any atom is -0.384 e. The normalized spacial score (nSPS) is 10.0. The molecular formula is C10H15N3OS. The molecule has 82 valence electrons. The zero-order valence-corrected chi connectivity index (χ0v) is 9.75. The Bertz CT molecular complexity index is 341. The summed E-state index contributed by atoms with van der Waals surface area (Å²) in [5.41, 5.74) is 6.65. The van der Waals surface area contributed by atoms with Crippen LogP contribution in [0.15, 0.2) is 17.2 Å². The van der Waals surface area contributed by atoms with Crippen molar-refractivity contribution in [2.75, 3.05) is 30.5 Å². The summed E-state index contributed by atoms with van der Waals surface area (Å²) in [6.45, 7) is 0. The second-order valence-electron chi connectivity index (χ2n) is 3.28. The molecular weight excluding hydrogens is 210 g/mol. The third-order valence-electron chi connectivity index (χ3n) is 1.84. The summed E-state index contributed by atoms with van der Waals surface area (Å²) in [5.74, 6) is 1.28. The number of aromatic nitrogens is 1. The molecule has 0 fully saturated rings. The van der Waals surface area contributed by atoms with E-state index in [0.717, 1.165) is 22.6 Å². The molecule has 0 unspecified atom stereocenters. The molecule has 0 amide bonds. The predicted molar refractivity (Wildman–Crippen MR) is 64.4 cm³/mol. The molecule has 0 aliphatic heterocycles. The van der Waals surface area contributed by atoms with Gasteiger partial charge in [-0.25, -0.2) is 4.98 Å². The average molecular weight is 225 g/mol. The van der Waals surface area contributed by atoms with Gasteiger partial charge in [0.25, 0.3) is 0 Å². The van der Waals surface area contributed by atoms with E-state index in [9.17, 15) is 4.79 Å². The molecule has 0 saturated carbocycles. The second-order valence-corrected chi connectivity index (χ2v) is 4.41. The Kier molecular flexibility index (Phi) is 4.42. The molecule has 0 radical (unpaired) electrons. The third kappa shape index (κ3) is 3.43. The zero-order chi connectivity index (χ0) is 11.3. The second kappa shape index (κ2) is 5.60. The number of nitrogen functional groups attached to an aromatic ring is 1. The third-order valence-corrected chi connectivity index (χ3v) is 2.92. The molecule has 0 aliphatic rings. The van der Waals surface area contributed by atoms with Crippen LogP contribution in [0.2, 0.25) is 0 Å². The average Bonchev–Trinajstić information content (AvgIpc) is 2.18. The quantitative estimate of drug-likeness (QED) is 0.466. The van der Waals surface area contributed by atoms with Crippen LogP contribution in [0.5, 0.6) is 0 Å². The van der Waals surface area contributed by atoms with Crippen molar-refractivity contribution in [1.82, 2.24) is 4.98 Å². The van der Waals surface area contributed by atoms with Gasteiger partial charge in [-0.3, -0.25) is 0 Å². The highest BCUT2D eigenvalue weighted by Crippen LogP contribution is 2.29. The van der Waals surface area contributed by atoms with E-state index in [0.29, 0.717) is 12.2 Å². The molecule has 0 bridgehead atoms. The van der Waals surface area contributed by atoms with Gasteiger partial charge < -0.3 is 15.4 Å². The van der Waals surface area contributed by atoms with Crippen LogP contribution in [0.4, 0.5) is 11.5 Å². The summed E-state index contributed by atoms with van der Waals surface area (Å²) in [4.78, 5) is 17.3. The van der Waals surface area contributed by atoms with Crippen molar-refractivity contribution in [3.05, 3.63) is 12.3 Å². The van der Waals surface area contributed by atoms with E-state index in [1.807, 2.05) is 25.1 Å². The smallest absolute Gasteiger partial charge is 0.124 e. The van der Waals surface area contributed by atoms with E-state index < -0.39 is 0 Å². The number of rotatable bonds is 5. The summed E-state index contributed by atoms with van der Waals surface area (Å²) in [6.07, 6.45) is 3.23. The first-order chi connectivity index (χ1) is 7.15. The van der Waals surface area contributed by atoms with Gasteiger partial charge in [0.2, 0.25) is 0 Å². The minimum absolute atomic E-state index is 0.509. The van der Waals surface area contributed by atoms with Crippen molar-refractivity contribution in [2.24, 2.45) is 0 Å². The molecule has 0 saturated heterocycles. The Hall–Kier alpha value is -1.23. The topological polar surface area (TPSA) is 59.2 Å². The Balaban J connectivity index is 2.82. The van der Waals surface area contributed by atoms with Crippen LogP contribution < -0.4 is 10.6 Å². The lowest BCUT2D eigenvalue weighted by Gasteiger charge is -2.16. The van der Waals surface area contributed by atoms with Gasteiger partial charge in [0, 0.05) is 31.2 Å². The van der Waals surface area contributed by atoms with E-state index in [-0.39, 0.29) is 0 Å².